The third-order valence-electron chi connectivity index (χ3n) is 1.92. The van der Waals surface area contributed by atoms with Crippen molar-refractivity contribution in [1.29, 1.82) is 0 Å². The standard InChI is InChI=1S/C9H7NO4S/c1-14-9(13)5-2-4-3-6(8(11)12)15-7(4)10-5/h2-3,10H,1H3,(H,11,12). The topological polar surface area (TPSA) is 79.4 Å². The first-order valence-corrected chi connectivity index (χ1v) is 4.87. The molecule has 0 aliphatic heterocycles. The number of H-pyrrole nitrogens is 1. The van der Waals surface area contributed by atoms with Crippen LogP contribution < -0.4 is 0 Å². The molecule has 0 saturated carbocycles. The Morgan fingerprint density at radius 1 is 1.47 bits per heavy atom. The minimum absolute atomic E-state index is 0.243. The Labute approximate surface area is 88.3 Å². The number of rotatable bonds is 2. The maximum Gasteiger partial charge on any atom is 0.354 e. The molecule has 15 heavy (non-hydrogen) atoms. The van der Waals surface area contributed by atoms with E-state index < -0.39 is 11.9 Å². The molecule has 0 amide bonds. The lowest BCUT2D eigenvalue weighted by molar-refractivity contribution is 0.0594. The van der Waals surface area contributed by atoms with Gasteiger partial charge in [-0.2, -0.15) is 0 Å². The van der Waals surface area contributed by atoms with E-state index in [1.165, 1.54) is 13.2 Å². The van der Waals surface area contributed by atoms with Gasteiger partial charge in [-0.1, -0.05) is 0 Å². The fraction of sp³-hybridized carbons (Fsp3) is 0.111. The highest BCUT2D eigenvalue weighted by molar-refractivity contribution is 7.20. The lowest BCUT2D eigenvalue weighted by atomic mass is 10.3. The van der Waals surface area contributed by atoms with Gasteiger partial charge < -0.3 is 14.8 Å². The number of hydrogen-bond donors (Lipinski definition) is 2. The average Bonchev–Trinajstić information content (AvgIpc) is 2.72. The number of methoxy groups -OCH3 is 1. The second kappa shape index (κ2) is 3.39. The van der Waals surface area contributed by atoms with Crippen molar-refractivity contribution in [3.05, 3.63) is 22.7 Å². The fourth-order valence-corrected chi connectivity index (χ4v) is 2.14. The lowest BCUT2D eigenvalue weighted by Crippen LogP contribution is -2.00. The van der Waals surface area contributed by atoms with Crippen molar-refractivity contribution in [2.24, 2.45) is 0 Å². The van der Waals surface area contributed by atoms with Gasteiger partial charge in [0.2, 0.25) is 0 Å². The van der Waals surface area contributed by atoms with Gasteiger partial charge in [0.05, 0.1) is 7.11 Å². The fourth-order valence-electron chi connectivity index (χ4n) is 1.25. The number of carbonyl (C=O) groups is 2. The number of esters is 1. The molecule has 2 N–H and O–H groups in total. The zero-order valence-corrected chi connectivity index (χ0v) is 8.55. The highest BCUT2D eigenvalue weighted by Crippen LogP contribution is 2.26. The van der Waals surface area contributed by atoms with Gasteiger partial charge in [-0.3, -0.25) is 0 Å². The Morgan fingerprint density at radius 3 is 2.73 bits per heavy atom. The highest BCUT2D eigenvalue weighted by atomic mass is 32.1. The zero-order valence-electron chi connectivity index (χ0n) is 7.73. The largest absolute Gasteiger partial charge is 0.477 e. The molecular formula is C9H7NO4S. The minimum Gasteiger partial charge on any atom is -0.477 e. The molecule has 5 nitrogen and oxygen atoms in total. The van der Waals surface area contributed by atoms with E-state index in [-0.39, 0.29) is 4.88 Å². The molecule has 2 aromatic heterocycles. The summed E-state index contributed by atoms with van der Waals surface area (Å²) in [4.78, 5) is 25.5. The predicted molar refractivity (Wildman–Crippen MR) is 54.5 cm³/mol. The molecular weight excluding hydrogens is 218 g/mol. The number of thiophene rings is 1. The molecule has 0 bridgehead atoms. The van der Waals surface area contributed by atoms with Crippen molar-refractivity contribution >= 4 is 33.5 Å². The van der Waals surface area contributed by atoms with Crippen molar-refractivity contribution < 1.29 is 19.4 Å². The summed E-state index contributed by atoms with van der Waals surface area (Å²) in [5, 5.41) is 9.44. The van der Waals surface area contributed by atoms with E-state index in [9.17, 15) is 9.59 Å². The molecule has 0 saturated heterocycles. The number of hydrogen-bond acceptors (Lipinski definition) is 4. The van der Waals surface area contributed by atoms with Crippen molar-refractivity contribution in [3.63, 3.8) is 0 Å². The molecule has 2 heterocycles. The van der Waals surface area contributed by atoms with E-state index in [2.05, 4.69) is 9.72 Å². The van der Waals surface area contributed by atoms with Crippen LogP contribution in [0.1, 0.15) is 20.2 Å². The number of fused-ring (bicyclic) bond motifs is 1. The molecule has 0 unspecified atom stereocenters. The number of aromatic amines is 1. The van der Waals surface area contributed by atoms with Crippen LogP contribution in [0.5, 0.6) is 0 Å². The van der Waals surface area contributed by atoms with Crippen LogP contribution in [0.4, 0.5) is 0 Å². The summed E-state index contributed by atoms with van der Waals surface area (Å²) < 4.78 is 4.53. The van der Waals surface area contributed by atoms with Gasteiger partial charge in [0.1, 0.15) is 15.4 Å². The minimum atomic E-state index is -0.968. The van der Waals surface area contributed by atoms with E-state index in [1.54, 1.807) is 6.07 Å². The average molecular weight is 225 g/mol. The van der Waals surface area contributed by atoms with Crippen molar-refractivity contribution in [3.8, 4) is 0 Å². The monoisotopic (exact) mass is 225 g/mol. The number of aromatic nitrogens is 1. The Morgan fingerprint density at radius 2 is 2.20 bits per heavy atom. The molecule has 0 aromatic carbocycles. The van der Waals surface area contributed by atoms with Crippen LogP contribution >= 0.6 is 11.3 Å². The van der Waals surface area contributed by atoms with Gasteiger partial charge in [-0.05, 0) is 12.1 Å². The quantitative estimate of drug-likeness (QED) is 0.762. The SMILES string of the molecule is COC(=O)c1cc2cc(C(=O)O)sc2[nH]1. The summed E-state index contributed by atoms with van der Waals surface area (Å²) in [6, 6.07) is 3.09. The maximum absolute atomic E-state index is 11.1. The lowest BCUT2D eigenvalue weighted by Gasteiger charge is -1.92. The second-order valence-electron chi connectivity index (χ2n) is 2.87. The van der Waals surface area contributed by atoms with E-state index in [1.807, 2.05) is 0 Å². The van der Waals surface area contributed by atoms with Crippen LogP contribution in [0.15, 0.2) is 12.1 Å². The first-order chi connectivity index (χ1) is 7.11. The molecule has 0 aliphatic carbocycles. The molecule has 0 spiro atoms. The van der Waals surface area contributed by atoms with Crippen LogP contribution in [-0.4, -0.2) is 29.1 Å². The Bertz CT molecular complexity index is 508. The van der Waals surface area contributed by atoms with Crippen LogP contribution in [0.25, 0.3) is 10.2 Å². The van der Waals surface area contributed by atoms with E-state index in [0.29, 0.717) is 15.9 Å². The number of ether oxygens (including phenoxy) is 1. The van der Waals surface area contributed by atoms with E-state index in [4.69, 9.17) is 5.11 Å². The van der Waals surface area contributed by atoms with Crippen molar-refractivity contribution in [1.82, 2.24) is 4.98 Å². The highest BCUT2D eigenvalue weighted by Gasteiger charge is 2.14. The van der Waals surface area contributed by atoms with Gasteiger partial charge in [-0.15, -0.1) is 11.3 Å². The summed E-state index contributed by atoms with van der Waals surface area (Å²) >= 11 is 1.09. The summed E-state index contributed by atoms with van der Waals surface area (Å²) in [5.74, 6) is -1.43. The molecule has 6 heteroatoms. The number of nitrogens with one attached hydrogen (secondary N) is 1. The van der Waals surface area contributed by atoms with Crippen LogP contribution in [0.3, 0.4) is 0 Å². The van der Waals surface area contributed by atoms with Crippen LogP contribution in [0.2, 0.25) is 0 Å². The molecule has 0 fully saturated rings. The van der Waals surface area contributed by atoms with Gasteiger partial charge in [-0.25, -0.2) is 9.59 Å². The van der Waals surface area contributed by atoms with Crippen molar-refractivity contribution in [2.75, 3.05) is 7.11 Å². The van der Waals surface area contributed by atoms with E-state index in [0.717, 1.165) is 11.3 Å². The first-order valence-electron chi connectivity index (χ1n) is 4.06. The molecule has 0 aliphatic rings. The Balaban J connectivity index is 2.47. The number of carbonyl (C=O) groups excluding carboxylic acids is 1. The smallest absolute Gasteiger partial charge is 0.354 e. The third-order valence-corrected chi connectivity index (χ3v) is 2.98. The van der Waals surface area contributed by atoms with Gasteiger partial charge >= 0.3 is 11.9 Å². The number of carboxylic acid groups (broad SMARTS) is 1. The number of carboxylic acids is 1. The molecule has 2 aromatic rings. The Kier molecular flexibility index (Phi) is 2.20. The molecule has 78 valence electrons. The second-order valence-corrected chi connectivity index (χ2v) is 3.93. The summed E-state index contributed by atoms with van der Waals surface area (Å²) in [6.45, 7) is 0. The van der Waals surface area contributed by atoms with Gasteiger partial charge in [0.25, 0.3) is 0 Å². The van der Waals surface area contributed by atoms with Crippen LogP contribution in [0, 0.1) is 0 Å². The molecule has 0 atom stereocenters. The van der Waals surface area contributed by atoms with Crippen molar-refractivity contribution in [2.45, 2.75) is 0 Å². The normalized spacial score (nSPS) is 10.5. The first kappa shape index (κ1) is 9.72. The van der Waals surface area contributed by atoms with E-state index >= 15 is 0 Å². The number of aromatic carboxylic acids is 1. The summed E-state index contributed by atoms with van der Waals surface area (Å²) in [7, 11) is 1.29. The van der Waals surface area contributed by atoms with Gasteiger partial charge in [0, 0.05) is 5.39 Å². The zero-order chi connectivity index (χ0) is 11.0. The van der Waals surface area contributed by atoms with Crippen LogP contribution in [-0.2, 0) is 4.74 Å². The summed E-state index contributed by atoms with van der Waals surface area (Å²) in [6.07, 6.45) is 0. The maximum atomic E-state index is 11.1. The predicted octanol–water partition coefficient (Wildman–Crippen LogP) is 1.71. The molecule has 0 radical (unpaired) electrons. The molecule has 2 rings (SSSR count). The third kappa shape index (κ3) is 1.59. The Hall–Kier alpha value is -1.82. The summed E-state index contributed by atoms with van der Waals surface area (Å²) in [5.41, 5.74) is 0.329. The van der Waals surface area contributed by atoms with Gasteiger partial charge in [0.15, 0.2) is 0 Å².